The Bertz CT molecular complexity index is 259. The molecule has 0 amide bonds. The van der Waals surface area contributed by atoms with Crippen LogP contribution < -0.4 is 4.74 Å². The summed E-state index contributed by atoms with van der Waals surface area (Å²) in [5.74, 6) is -0.0817. The average molecular weight is 298 g/mol. The van der Waals surface area contributed by atoms with Crippen LogP contribution in [0.15, 0.2) is 16.6 Å². The van der Waals surface area contributed by atoms with Gasteiger partial charge >= 0.3 is 0 Å². The summed E-state index contributed by atoms with van der Waals surface area (Å²) in [4.78, 5) is 0. The molecule has 66 valence electrons. The first-order valence-electron chi connectivity index (χ1n) is 3.27. The molecule has 0 unspecified atom stereocenters. The number of hydrogen-bond donors (Lipinski definition) is 0. The van der Waals surface area contributed by atoms with Gasteiger partial charge in [-0.2, -0.15) is 0 Å². The van der Waals surface area contributed by atoms with E-state index < -0.39 is 0 Å². The maximum Gasteiger partial charge on any atom is 0.165 e. The number of alkyl halides is 1. The van der Waals surface area contributed by atoms with Gasteiger partial charge in [0.15, 0.2) is 11.6 Å². The van der Waals surface area contributed by atoms with E-state index in [0.717, 1.165) is 10.0 Å². The molecule has 0 saturated heterocycles. The minimum atomic E-state index is -0.338. The molecule has 0 radical (unpaired) electrons. The molecule has 0 aliphatic rings. The van der Waals surface area contributed by atoms with Gasteiger partial charge in [-0.05, 0) is 17.7 Å². The Morgan fingerprint density at radius 1 is 1.50 bits per heavy atom. The van der Waals surface area contributed by atoms with Crippen molar-refractivity contribution in [3.8, 4) is 5.75 Å². The summed E-state index contributed by atoms with van der Waals surface area (Å²) >= 11 is 6.56. The molecule has 0 aromatic heterocycles. The smallest absolute Gasteiger partial charge is 0.165 e. The van der Waals surface area contributed by atoms with Crippen LogP contribution in [0, 0.1) is 5.82 Å². The van der Waals surface area contributed by atoms with Crippen LogP contribution in [0.3, 0.4) is 0 Å². The zero-order chi connectivity index (χ0) is 9.14. The molecule has 4 heteroatoms. The molecular formula is C8H7Br2FO. The van der Waals surface area contributed by atoms with Crippen LogP contribution in [0.25, 0.3) is 0 Å². The molecule has 0 saturated carbocycles. The first-order chi connectivity index (χ1) is 5.69. The summed E-state index contributed by atoms with van der Waals surface area (Å²) in [7, 11) is 1.44. The lowest BCUT2D eigenvalue weighted by molar-refractivity contribution is 0.386. The molecule has 12 heavy (non-hydrogen) atoms. The summed E-state index contributed by atoms with van der Waals surface area (Å²) in [6.45, 7) is 0. The van der Waals surface area contributed by atoms with Gasteiger partial charge in [-0.15, -0.1) is 0 Å². The van der Waals surface area contributed by atoms with Gasteiger partial charge < -0.3 is 4.74 Å². The van der Waals surface area contributed by atoms with Crippen molar-refractivity contribution < 1.29 is 9.13 Å². The lowest BCUT2D eigenvalue weighted by atomic mass is 10.2. The lowest BCUT2D eigenvalue weighted by Crippen LogP contribution is -1.90. The van der Waals surface area contributed by atoms with Gasteiger partial charge in [-0.25, -0.2) is 4.39 Å². The predicted molar refractivity (Wildman–Crippen MR) is 53.3 cm³/mol. The van der Waals surface area contributed by atoms with E-state index in [-0.39, 0.29) is 11.6 Å². The second kappa shape index (κ2) is 4.23. The summed E-state index contributed by atoms with van der Waals surface area (Å²) in [5.41, 5.74) is 0.869. The molecule has 0 aliphatic carbocycles. The van der Waals surface area contributed by atoms with Crippen molar-refractivity contribution >= 4 is 31.9 Å². The topological polar surface area (TPSA) is 9.23 Å². The molecule has 0 spiro atoms. The van der Waals surface area contributed by atoms with Crippen LogP contribution in [0.4, 0.5) is 4.39 Å². The van der Waals surface area contributed by atoms with Crippen molar-refractivity contribution in [2.45, 2.75) is 5.33 Å². The average Bonchev–Trinajstić information content (AvgIpc) is 2.08. The first kappa shape index (κ1) is 9.99. The zero-order valence-corrected chi connectivity index (χ0v) is 9.58. The minimum absolute atomic E-state index is 0.256. The third-order valence-electron chi connectivity index (χ3n) is 1.46. The molecule has 0 atom stereocenters. The van der Waals surface area contributed by atoms with E-state index in [0.29, 0.717) is 5.33 Å². The summed E-state index contributed by atoms with van der Waals surface area (Å²) in [5, 5.41) is 0.620. The molecule has 0 fully saturated rings. The third-order valence-corrected chi connectivity index (χ3v) is 2.81. The molecule has 0 bridgehead atoms. The van der Waals surface area contributed by atoms with E-state index in [1.165, 1.54) is 13.2 Å². The largest absolute Gasteiger partial charge is 0.494 e. The van der Waals surface area contributed by atoms with Crippen LogP contribution >= 0.6 is 31.9 Å². The van der Waals surface area contributed by atoms with Crippen LogP contribution in [0.5, 0.6) is 5.75 Å². The van der Waals surface area contributed by atoms with Crippen molar-refractivity contribution in [3.63, 3.8) is 0 Å². The fourth-order valence-electron chi connectivity index (χ4n) is 0.829. The highest BCUT2D eigenvalue weighted by Crippen LogP contribution is 2.27. The van der Waals surface area contributed by atoms with E-state index in [9.17, 15) is 4.39 Å². The quantitative estimate of drug-likeness (QED) is 0.759. The Morgan fingerprint density at radius 2 is 2.17 bits per heavy atom. The fraction of sp³-hybridized carbons (Fsp3) is 0.250. The molecular weight excluding hydrogens is 291 g/mol. The van der Waals surface area contributed by atoms with E-state index in [2.05, 4.69) is 31.9 Å². The van der Waals surface area contributed by atoms with Crippen LogP contribution in [-0.4, -0.2) is 7.11 Å². The minimum Gasteiger partial charge on any atom is -0.494 e. The SMILES string of the molecule is COc1cc(Br)c(CBr)cc1F. The Balaban J connectivity index is 3.16. The first-order valence-corrected chi connectivity index (χ1v) is 5.18. The van der Waals surface area contributed by atoms with E-state index in [1.54, 1.807) is 6.07 Å². The van der Waals surface area contributed by atoms with Crippen molar-refractivity contribution in [1.82, 2.24) is 0 Å². The maximum atomic E-state index is 13.1. The lowest BCUT2D eigenvalue weighted by Gasteiger charge is -2.05. The predicted octanol–water partition coefficient (Wildman–Crippen LogP) is 3.49. The Hall–Kier alpha value is -0.0900. The van der Waals surface area contributed by atoms with Crippen LogP contribution in [0.2, 0.25) is 0 Å². The number of ether oxygens (including phenoxy) is 1. The molecule has 0 heterocycles. The highest BCUT2D eigenvalue weighted by Gasteiger charge is 2.06. The van der Waals surface area contributed by atoms with Crippen LogP contribution in [0.1, 0.15) is 5.56 Å². The number of hydrogen-bond acceptors (Lipinski definition) is 1. The van der Waals surface area contributed by atoms with Crippen LogP contribution in [-0.2, 0) is 5.33 Å². The second-order valence-electron chi connectivity index (χ2n) is 2.21. The summed E-state index contributed by atoms with van der Waals surface area (Å²) in [6.07, 6.45) is 0. The van der Waals surface area contributed by atoms with Gasteiger partial charge in [-0.3, -0.25) is 0 Å². The van der Waals surface area contributed by atoms with Gasteiger partial charge in [-0.1, -0.05) is 31.9 Å². The van der Waals surface area contributed by atoms with Crippen molar-refractivity contribution in [1.29, 1.82) is 0 Å². The molecule has 1 nitrogen and oxygen atoms in total. The van der Waals surface area contributed by atoms with Gasteiger partial charge in [0.2, 0.25) is 0 Å². The zero-order valence-electron chi connectivity index (χ0n) is 6.40. The summed E-state index contributed by atoms with van der Waals surface area (Å²) < 4.78 is 18.7. The molecule has 0 aliphatic heterocycles. The Morgan fingerprint density at radius 3 is 2.67 bits per heavy atom. The summed E-state index contributed by atoms with van der Waals surface area (Å²) in [6, 6.07) is 3.06. The third kappa shape index (κ3) is 1.98. The molecule has 1 rings (SSSR count). The van der Waals surface area contributed by atoms with Crippen molar-refractivity contribution in [2.24, 2.45) is 0 Å². The number of rotatable bonds is 2. The number of methoxy groups -OCH3 is 1. The highest BCUT2D eigenvalue weighted by atomic mass is 79.9. The number of halogens is 3. The monoisotopic (exact) mass is 296 g/mol. The van der Waals surface area contributed by atoms with Gasteiger partial charge in [0.25, 0.3) is 0 Å². The van der Waals surface area contributed by atoms with Gasteiger partial charge in [0.1, 0.15) is 0 Å². The van der Waals surface area contributed by atoms with Crippen molar-refractivity contribution in [3.05, 3.63) is 28.0 Å². The second-order valence-corrected chi connectivity index (χ2v) is 3.63. The van der Waals surface area contributed by atoms with Gasteiger partial charge in [0, 0.05) is 9.80 Å². The van der Waals surface area contributed by atoms with E-state index in [4.69, 9.17) is 4.74 Å². The Kier molecular flexibility index (Phi) is 3.53. The van der Waals surface area contributed by atoms with Crippen molar-refractivity contribution in [2.75, 3.05) is 7.11 Å². The normalized spacial score (nSPS) is 10.0. The molecule has 0 N–H and O–H groups in total. The maximum absolute atomic E-state index is 13.1. The Labute approximate surface area is 87.2 Å². The van der Waals surface area contributed by atoms with E-state index in [1.807, 2.05) is 0 Å². The van der Waals surface area contributed by atoms with Gasteiger partial charge in [0.05, 0.1) is 7.11 Å². The number of benzene rings is 1. The molecule has 1 aromatic rings. The van der Waals surface area contributed by atoms with E-state index >= 15 is 0 Å². The standard InChI is InChI=1S/C8H7Br2FO/c1-12-8-3-6(10)5(4-9)2-7(8)11/h2-3H,4H2,1H3. The fourth-order valence-corrected chi connectivity index (χ4v) is 2.13. The molecule has 1 aromatic carbocycles. The highest BCUT2D eigenvalue weighted by molar-refractivity contribution is 9.10.